The first-order chi connectivity index (χ1) is 13.8. The van der Waals surface area contributed by atoms with E-state index in [-0.39, 0.29) is 0 Å². The number of anilines is 1. The highest BCUT2D eigenvalue weighted by Crippen LogP contribution is 2.26. The van der Waals surface area contributed by atoms with Crippen molar-refractivity contribution in [1.29, 1.82) is 0 Å². The lowest BCUT2D eigenvalue weighted by Gasteiger charge is -2.26. The highest BCUT2D eigenvalue weighted by Gasteiger charge is 2.19. The predicted octanol–water partition coefficient (Wildman–Crippen LogP) is 2.87. The molecule has 4 aromatic rings. The first kappa shape index (κ1) is 16.9. The molecule has 1 aliphatic rings. The van der Waals surface area contributed by atoms with Crippen molar-refractivity contribution in [2.45, 2.75) is 6.54 Å². The van der Waals surface area contributed by atoms with Gasteiger partial charge in [0.15, 0.2) is 11.2 Å². The van der Waals surface area contributed by atoms with Crippen molar-refractivity contribution in [2.75, 3.05) is 38.3 Å². The molecule has 28 heavy (non-hydrogen) atoms. The van der Waals surface area contributed by atoms with E-state index in [2.05, 4.69) is 62.3 Å². The Bertz CT molecular complexity index is 1130. The molecule has 5 rings (SSSR count). The maximum atomic E-state index is 5.60. The van der Waals surface area contributed by atoms with E-state index in [4.69, 9.17) is 9.47 Å². The number of methoxy groups -OCH3 is 1. The monoisotopic (exact) mass is 375 g/mol. The quantitative estimate of drug-likeness (QED) is 0.546. The molecule has 0 unspecified atom stereocenters. The van der Waals surface area contributed by atoms with Crippen LogP contribution >= 0.6 is 0 Å². The molecule has 7 heteroatoms. The Morgan fingerprint density at radius 1 is 1.04 bits per heavy atom. The highest BCUT2D eigenvalue weighted by atomic mass is 16.5. The van der Waals surface area contributed by atoms with Gasteiger partial charge in [-0.25, -0.2) is 4.98 Å². The molecule has 0 atom stereocenters. The standard InChI is InChI=1S/C21H21N5O2/c1-27-20-18-19(23-21(24-20)25-8-10-28-11-9-25)22-14-26(18)13-15-6-7-16-4-2-3-5-17(16)12-15/h2-7,12,14H,8-11,13H2,1H3. The number of hydrogen-bond donors (Lipinski definition) is 0. The largest absolute Gasteiger partial charge is 0.479 e. The van der Waals surface area contributed by atoms with Gasteiger partial charge in [0.05, 0.1) is 26.7 Å². The third-order valence-corrected chi connectivity index (χ3v) is 5.08. The number of aromatic nitrogens is 4. The normalized spacial score (nSPS) is 14.7. The summed E-state index contributed by atoms with van der Waals surface area (Å²) in [7, 11) is 1.64. The molecule has 142 valence electrons. The first-order valence-electron chi connectivity index (χ1n) is 9.39. The molecule has 3 heterocycles. The van der Waals surface area contributed by atoms with Crippen LogP contribution in [0.2, 0.25) is 0 Å². The van der Waals surface area contributed by atoms with Crippen LogP contribution in [0.5, 0.6) is 5.88 Å². The SMILES string of the molecule is COc1nc(N2CCOCC2)nc2ncn(Cc3ccc4ccccc4c3)c12. The van der Waals surface area contributed by atoms with Crippen molar-refractivity contribution in [1.82, 2.24) is 19.5 Å². The summed E-state index contributed by atoms with van der Waals surface area (Å²) in [6.07, 6.45) is 1.81. The molecule has 0 aliphatic carbocycles. The van der Waals surface area contributed by atoms with Crippen LogP contribution in [0.3, 0.4) is 0 Å². The molecular formula is C21H21N5O2. The number of fused-ring (bicyclic) bond motifs is 2. The second-order valence-corrected chi connectivity index (χ2v) is 6.86. The fourth-order valence-corrected chi connectivity index (χ4v) is 3.64. The molecule has 2 aromatic heterocycles. The minimum atomic E-state index is 0.546. The summed E-state index contributed by atoms with van der Waals surface area (Å²) in [5.74, 6) is 1.19. The van der Waals surface area contributed by atoms with Gasteiger partial charge in [-0.15, -0.1) is 0 Å². The number of imidazole rings is 1. The van der Waals surface area contributed by atoms with Crippen molar-refractivity contribution in [2.24, 2.45) is 0 Å². The summed E-state index contributed by atoms with van der Waals surface area (Å²) < 4.78 is 13.1. The van der Waals surface area contributed by atoms with Crippen LogP contribution in [0.15, 0.2) is 48.8 Å². The van der Waals surface area contributed by atoms with E-state index >= 15 is 0 Å². The zero-order valence-electron chi connectivity index (χ0n) is 15.7. The Kier molecular flexibility index (Phi) is 4.29. The van der Waals surface area contributed by atoms with Gasteiger partial charge in [-0.3, -0.25) is 0 Å². The third-order valence-electron chi connectivity index (χ3n) is 5.08. The molecule has 0 saturated carbocycles. The van der Waals surface area contributed by atoms with Gasteiger partial charge in [0, 0.05) is 19.6 Å². The van der Waals surface area contributed by atoms with Gasteiger partial charge in [-0.2, -0.15) is 9.97 Å². The smallest absolute Gasteiger partial charge is 0.245 e. The Balaban J connectivity index is 1.52. The summed E-state index contributed by atoms with van der Waals surface area (Å²) >= 11 is 0. The van der Waals surface area contributed by atoms with Crippen LogP contribution in [0.25, 0.3) is 21.9 Å². The van der Waals surface area contributed by atoms with Crippen LogP contribution < -0.4 is 9.64 Å². The maximum Gasteiger partial charge on any atom is 0.245 e. The van der Waals surface area contributed by atoms with Gasteiger partial charge in [-0.05, 0) is 22.4 Å². The van der Waals surface area contributed by atoms with Crippen molar-refractivity contribution in [3.8, 4) is 5.88 Å². The van der Waals surface area contributed by atoms with Crippen LogP contribution in [-0.2, 0) is 11.3 Å². The molecular weight excluding hydrogens is 354 g/mol. The predicted molar refractivity (Wildman–Crippen MR) is 108 cm³/mol. The summed E-state index contributed by atoms with van der Waals surface area (Å²) in [5.41, 5.74) is 2.65. The molecule has 2 aromatic carbocycles. The van der Waals surface area contributed by atoms with E-state index in [1.807, 2.05) is 4.57 Å². The van der Waals surface area contributed by atoms with Crippen molar-refractivity contribution >= 4 is 27.9 Å². The fraction of sp³-hybridized carbons (Fsp3) is 0.286. The van der Waals surface area contributed by atoms with Gasteiger partial charge >= 0.3 is 0 Å². The molecule has 1 aliphatic heterocycles. The average Bonchev–Trinajstić information content (AvgIpc) is 3.16. The summed E-state index contributed by atoms with van der Waals surface area (Å²) in [6, 6.07) is 14.9. The minimum absolute atomic E-state index is 0.546. The third kappa shape index (κ3) is 3.03. The topological polar surface area (TPSA) is 65.3 Å². The van der Waals surface area contributed by atoms with E-state index in [1.165, 1.54) is 16.3 Å². The molecule has 1 saturated heterocycles. The lowest BCUT2D eigenvalue weighted by Crippen LogP contribution is -2.37. The average molecular weight is 375 g/mol. The molecule has 0 amide bonds. The zero-order valence-corrected chi connectivity index (χ0v) is 15.7. The van der Waals surface area contributed by atoms with Gasteiger partial charge in [-0.1, -0.05) is 36.4 Å². The van der Waals surface area contributed by atoms with Crippen molar-refractivity contribution < 1.29 is 9.47 Å². The maximum absolute atomic E-state index is 5.60. The van der Waals surface area contributed by atoms with E-state index < -0.39 is 0 Å². The number of ether oxygens (including phenoxy) is 2. The van der Waals surface area contributed by atoms with Gasteiger partial charge < -0.3 is 18.9 Å². The van der Waals surface area contributed by atoms with Crippen molar-refractivity contribution in [3.63, 3.8) is 0 Å². The molecule has 7 nitrogen and oxygen atoms in total. The van der Waals surface area contributed by atoms with E-state index in [1.54, 1.807) is 13.4 Å². The molecule has 1 fully saturated rings. The van der Waals surface area contributed by atoms with E-state index in [0.717, 1.165) is 18.6 Å². The second kappa shape index (κ2) is 7.09. The van der Waals surface area contributed by atoms with Crippen LogP contribution in [0.4, 0.5) is 5.95 Å². The van der Waals surface area contributed by atoms with E-state index in [9.17, 15) is 0 Å². The van der Waals surface area contributed by atoms with Crippen LogP contribution in [-0.4, -0.2) is 52.9 Å². The lowest BCUT2D eigenvalue weighted by molar-refractivity contribution is 0.122. The van der Waals surface area contributed by atoms with Gasteiger partial charge in [0.2, 0.25) is 11.8 Å². The Labute approximate surface area is 162 Å². The van der Waals surface area contributed by atoms with Gasteiger partial charge in [0.25, 0.3) is 0 Å². The highest BCUT2D eigenvalue weighted by molar-refractivity contribution is 5.83. The molecule has 0 N–H and O–H groups in total. The Morgan fingerprint density at radius 3 is 2.68 bits per heavy atom. The molecule has 0 bridgehead atoms. The number of rotatable bonds is 4. The summed E-state index contributed by atoms with van der Waals surface area (Å²) in [6.45, 7) is 3.58. The Morgan fingerprint density at radius 2 is 1.86 bits per heavy atom. The van der Waals surface area contributed by atoms with Gasteiger partial charge in [0.1, 0.15) is 0 Å². The first-order valence-corrected chi connectivity index (χ1v) is 9.39. The molecule has 0 spiro atoms. The van der Waals surface area contributed by atoms with Crippen LogP contribution in [0.1, 0.15) is 5.56 Å². The number of hydrogen-bond acceptors (Lipinski definition) is 6. The van der Waals surface area contributed by atoms with Crippen molar-refractivity contribution in [3.05, 3.63) is 54.4 Å². The lowest BCUT2D eigenvalue weighted by atomic mass is 10.1. The zero-order chi connectivity index (χ0) is 18.9. The number of nitrogens with zero attached hydrogens (tertiary/aromatic N) is 5. The minimum Gasteiger partial charge on any atom is -0.479 e. The number of morpholine rings is 1. The second-order valence-electron chi connectivity index (χ2n) is 6.86. The van der Waals surface area contributed by atoms with Crippen LogP contribution in [0, 0.1) is 0 Å². The summed E-state index contributed by atoms with van der Waals surface area (Å²) in [5, 5.41) is 2.46. The Hall–Kier alpha value is -3.19. The van der Waals surface area contributed by atoms with E-state index in [0.29, 0.717) is 37.2 Å². The molecule has 0 radical (unpaired) electrons. The summed E-state index contributed by atoms with van der Waals surface area (Å²) in [4.78, 5) is 15.9. The number of benzene rings is 2. The fourth-order valence-electron chi connectivity index (χ4n) is 3.64.